The van der Waals surface area contributed by atoms with Gasteiger partial charge in [0.05, 0.1) is 29.5 Å². The number of nitriles is 1. The fraction of sp³-hybridized carbons (Fsp3) is 0.318. The molecule has 0 aromatic heterocycles. The molecule has 7 nitrogen and oxygen atoms in total. The highest BCUT2D eigenvalue weighted by atomic mass is 32.1. The van der Waals surface area contributed by atoms with E-state index in [-0.39, 0.29) is 18.3 Å². The third-order valence-electron chi connectivity index (χ3n) is 5.53. The van der Waals surface area contributed by atoms with E-state index in [4.69, 9.17) is 27.0 Å². The Morgan fingerprint density at radius 3 is 2.59 bits per heavy atom. The van der Waals surface area contributed by atoms with Gasteiger partial charge in [-0.2, -0.15) is 18.4 Å². The van der Waals surface area contributed by atoms with E-state index in [2.05, 4.69) is 0 Å². The second kappa shape index (κ2) is 8.11. The van der Waals surface area contributed by atoms with Gasteiger partial charge in [0.1, 0.15) is 18.0 Å². The lowest BCUT2D eigenvalue weighted by Crippen LogP contribution is -2.44. The predicted octanol–water partition coefficient (Wildman–Crippen LogP) is 3.76. The Morgan fingerprint density at radius 1 is 1.26 bits per heavy atom. The molecule has 1 N–H and O–H groups in total. The molecule has 2 aromatic rings. The lowest BCUT2D eigenvalue weighted by atomic mass is 10.0. The molecule has 0 radical (unpaired) electrons. The number of alkyl halides is 3. The van der Waals surface area contributed by atoms with Gasteiger partial charge in [-0.15, -0.1) is 0 Å². The molecule has 1 amide bonds. The molecule has 2 heterocycles. The van der Waals surface area contributed by atoms with Crippen LogP contribution in [0, 0.1) is 17.1 Å². The van der Waals surface area contributed by atoms with Crippen LogP contribution in [-0.2, 0) is 11.0 Å². The second-order valence-corrected chi connectivity index (χ2v) is 8.51. The number of thiocarbonyl (C=S) groups is 1. The minimum absolute atomic E-state index is 0.0858. The Labute approximate surface area is 196 Å². The number of benzene rings is 2. The summed E-state index contributed by atoms with van der Waals surface area (Å²) in [5.74, 6) is -1.29. The average Bonchev–Trinajstić information content (AvgIpc) is 2.95. The normalized spacial score (nSPS) is 19.4. The maximum Gasteiger partial charge on any atom is 0.417 e. The molecule has 2 aromatic carbocycles. The molecule has 34 heavy (non-hydrogen) atoms. The summed E-state index contributed by atoms with van der Waals surface area (Å²) in [5.41, 5.74) is -4.03. The van der Waals surface area contributed by atoms with Crippen LogP contribution in [0.5, 0.6) is 11.5 Å². The number of fused-ring (bicyclic) bond motifs is 1. The van der Waals surface area contributed by atoms with Crippen LogP contribution in [0.4, 0.5) is 28.9 Å². The highest BCUT2D eigenvalue weighted by molar-refractivity contribution is 7.81. The highest BCUT2D eigenvalue weighted by Gasteiger charge is 2.51. The molecule has 1 fully saturated rings. The van der Waals surface area contributed by atoms with Gasteiger partial charge in [0.2, 0.25) is 0 Å². The molecule has 2 aliphatic heterocycles. The number of anilines is 2. The van der Waals surface area contributed by atoms with Gasteiger partial charge in [-0.3, -0.25) is 9.69 Å². The molecule has 0 spiro atoms. The summed E-state index contributed by atoms with van der Waals surface area (Å²) < 4.78 is 66.4. The SMILES string of the molecule is CC1(C)C(=O)N(c2cc(C(F)(F)F)c(C#N)cc2F)C(=S)N1c1ccc2c(c1)OC[C@H](CO)O2. The van der Waals surface area contributed by atoms with Gasteiger partial charge in [-0.1, -0.05) is 0 Å². The lowest BCUT2D eigenvalue weighted by molar-refractivity contribution is -0.137. The summed E-state index contributed by atoms with van der Waals surface area (Å²) in [7, 11) is 0. The number of ether oxygens (including phenoxy) is 2. The van der Waals surface area contributed by atoms with E-state index >= 15 is 0 Å². The number of nitrogens with zero attached hydrogens (tertiary/aromatic N) is 3. The van der Waals surface area contributed by atoms with Crippen molar-refractivity contribution < 1.29 is 36.9 Å². The van der Waals surface area contributed by atoms with Crippen LogP contribution in [0.2, 0.25) is 0 Å². The molecule has 0 unspecified atom stereocenters. The summed E-state index contributed by atoms with van der Waals surface area (Å²) in [4.78, 5) is 15.3. The molecule has 4 rings (SSSR count). The van der Waals surface area contributed by atoms with Crippen LogP contribution in [0.1, 0.15) is 25.0 Å². The average molecular weight is 495 g/mol. The highest BCUT2D eigenvalue weighted by Crippen LogP contribution is 2.43. The Morgan fingerprint density at radius 2 is 1.97 bits per heavy atom. The molecule has 1 saturated heterocycles. The summed E-state index contributed by atoms with van der Waals surface area (Å²) in [6, 6.07) is 6.81. The van der Waals surface area contributed by atoms with Crippen molar-refractivity contribution >= 4 is 34.6 Å². The van der Waals surface area contributed by atoms with E-state index in [1.807, 2.05) is 0 Å². The monoisotopic (exact) mass is 495 g/mol. The van der Waals surface area contributed by atoms with E-state index in [1.54, 1.807) is 12.1 Å². The number of hydrogen-bond acceptors (Lipinski definition) is 6. The summed E-state index contributed by atoms with van der Waals surface area (Å²) in [5, 5.41) is 18.0. The molecule has 2 aliphatic rings. The van der Waals surface area contributed by atoms with Crippen molar-refractivity contribution in [3.05, 3.63) is 47.3 Å². The summed E-state index contributed by atoms with van der Waals surface area (Å²) >= 11 is 5.41. The van der Waals surface area contributed by atoms with Gasteiger partial charge in [-0.05, 0) is 50.3 Å². The van der Waals surface area contributed by atoms with Crippen molar-refractivity contribution in [3.8, 4) is 17.6 Å². The van der Waals surface area contributed by atoms with Gasteiger partial charge >= 0.3 is 6.18 Å². The Balaban J connectivity index is 1.78. The molecule has 178 valence electrons. The number of hydrogen-bond donors (Lipinski definition) is 1. The first-order chi connectivity index (χ1) is 15.9. The number of amides is 1. The Kier molecular flexibility index (Phi) is 5.65. The summed E-state index contributed by atoms with van der Waals surface area (Å²) in [6.45, 7) is 2.82. The van der Waals surface area contributed by atoms with Crippen LogP contribution in [0.25, 0.3) is 0 Å². The molecular formula is C22H17F4N3O4S. The topological polar surface area (TPSA) is 86.0 Å². The standard InChI is InChI=1S/C22H17F4N3O4S/c1-21(2)19(31)28(16-7-14(22(24,25)26)11(8-27)5-15(16)23)20(34)29(21)12-3-4-17-18(6-12)32-10-13(9-30)33-17/h3-7,13,30H,9-10H2,1-2H3/t13-/m0/s1. The Bertz CT molecular complexity index is 1240. The number of halogens is 4. The first kappa shape index (κ1) is 23.7. The van der Waals surface area contributed by atoms with E-state index in [0.717, 1.165) is 0 Å². The quantitative estimate of drug-likeness (QED) is 0.513. The minimum Gasteiger partial charge on any atom is -0.486 e. The first-order valence-corrected chi connectivity index (χ1v) is 10.3. The van der Waals surface area contributed by atoms with Gasteiger partial charge < -0.3 is 19.5 Å². The largest absolute Gasteiger partial charge is 0.486 e. The van der Waals surface area contributed by atoms with Crippen molar-refractivity contribution in [1.82, 2.24) is 0 Å². The smallest absolute Gasteiger partial charge is 0.417 e. The Hall–Kier alpha value is -3.43. The number of carbonyl (C=O) groups excluding carboxylic acids is 1. The number of carbonyl (C=O) groups is 1. The van der Waals surface area contributed by atoms with E-state index < -0.39 is 46.4 Å². The van der Waals surface area contributed by atoms with Gasteiger partial charge in [0.15, 0.2) is 22.7 Å². The third-order valence-corrected chi connectivity index (χ3v) is 5.89. The zero-order chi connectivity index (χ0) is 25.0. The zero-order valence-electron chi connectivity index (χ0n) is 17.8. The molecule has 0 aliphatic carbocycles. The fourth-order valence-electron chi connectivity index (χ4n) is 3.83. The van der Waals surface area contributed by atoms with E-state index in [1.165, 1.54) is 30.9 Å². The van der Waals surface area contributed by atoms with Crippen LogP contribution in [0.3, 0.4) is 0 Å². The van der Waals surface area contributed by atoms with E-state index in [0.29, 0.717) is 34.2 Å². The van der Waals surface area contributed by atoms with Gasteiger partial charge in [0, 0.05) is 11.8 Å². The molecule has 12 heteroatoms. The van der Waals surface area contributed by atoms with Gasteiger partial charge in [-0.25, -0.2) is 4.39 Å². The molecule has 0 bridgehead atoms. The van der Waals surface area contributed by atoms with E-state index in [9.17, 15) is 27.5 Å². The maximum atomic E-state index is 14.8. The molecular weight excluding hydrogens is 478 g/mol. The lowest BCUT2D eigenvalue weighted by Gasteiger charge is -2.31. The van der Waals surface area contributed by atoms with Crippen molar-refractivity contribution in [1.29, 1.82) is 5.26 Å². The van der Waals surface area contributed by atoms with Crippen LogP contribution in [-0.4, -0.2) is 41.0 Å². The van der Waals surface area contributed by atoms with Gasteiger partial charge in [0.25, 0.3) is 5.91 Å². The van der Waals surface area contributed by atoms with Crippen LogP contribution >= 0.6 is 12.2 Å². The van der Waals surface area contributed by atoms with Crippen molar-refractivity contribution in [2.45, 2.75) is 31.7 Å². The molecule has 1 atom stereocenters. The maximum absolute atomic E-state index is 14.8. The zero-order valence-corrected chi connectivity index (χ0v) is 18.6. The number of aliphatic hydroxyl groups is 1. The second-order valence-electron chi connectivity index (χ2n) is 8.14. The minimum atomic E-state index is -4.95. The number of rotatable bonds is 3. The van der Waals surface area contributed by atoms with Crippen molar-refractivity contribution in [2.24, 2.45) is 0 Å². The fourth-order valence-corrected chi connectivity index (χ4v) is 4.35. The molecule has 0 saturated carbocycles. The van der Waals surface area contributed by atoms with Crippen molar-refractivity contribution in [3.63, 3.8) is 0 Å². The van der Waals surface area contributed by atoms with Crippen molar-refractivity contribution in [2.75, 3.05) is 23.0 Å². The third kappa shape index (κ3) is 3.70. The summed E-state index contributed by atoms with van der Waals surface area (Å²) in [6.07, 6.45) is -5.49. The predicted molar refractivity (Wildman–Crippen MR) is 116 cm³/mol. The van der Waals surface area contributed by atoms with Crippen LogP contribution < -0.4 is 19.3 Å². The first-order valence-electron chi connectivity index (χ1n) is 9.94. The number of aliphatic hydroxyl groups excluding tert-OH is 1. The van der Waals surface area contributed by atoms with Crippen LogP contribution in [0.15, 0.2) is 30.3 Å².